The van der Waals surface area contributed by atoms with Gasteiger partial charge in [-0.15, -0.1) is 0 Å². The number of thiazole rings is 1. The van der Waals surface area contributed by atoms with Crippen molar-refractivity contribution in [3.63, 3.8) is 0 Å². The van der Waals surface area contributed by atoms with Crippen LogP contribution in [-0.2, 0) is 16.1 Å². The van der Waals surface area contributed by atoms with Gasteiger partial charge in [-0.1, -0.05) is 41.7 Å². The minimum absolute atomic E-state index is 0.206. The summed E-state index contributed by atoms with van der Waals surface area (Å²) in [7, 11) is 1.33. The number of benzene rings is 1. The van der Waals surface area contributed by atoms with E-state index in [4.69, 9.17) is 4.74 Å². The van der Waals surface area contributed by atoms with Crippen molar-refractivity contribution in [2.45, 2.75) is 26.4 Å². The summed E-state index contributed by atoms with van der Waals surface area (Å²) >= 11 is 1.29. The zero-order valence-electron chi connectivity index (χ0n) is 16.3. The number of allylic oxidation sites excluding steroid dienone is 1. The average Bonchev–Trinajstić information content (AvgIpc) is 3.31. The van der Waals surface area contributed by atoms with E-state index < -0.39 is 12.0 Å². The molecule has 29 heavy (non-hydrogen) atoms. The largest absolute Gasteiger partial charge is 0.466 e. The third kappa shape index (κ3) is 3.36. The van der Waals surface area contributed by atoms with E-state index in [2.05, 4.69) is 10.1 Å². The lowest BCUT2D eigenvalue weighted by molar-refractivity contribution is -0.136. The van der Waals surface area contributed by atoms with Crippen molar-refractivity contribution in [3.05, 3.63) is 84.8 Å². The highest BCUT2D eigenvalue weighted by molar-refractivity contribution is 7.07. The molecule has 3 heterocycles. The van der Waals surface area contributed by atoms with Crippen molar-refractivity contribution in [1.82, 2.24) is 14.3 Å². The van der Waals surface area contributed by atoms with E-state index in [0.29, 0.717) is 26.3 Å². The summed E-state index contributed by atoms with van der Waals surface area (Å²) in [4.78, 5) is 30.9. The van der Waals surface area contributed by atoms with Gasteiger partial charge in [-0.25, -0.2) is 9.79 Å². The Morgan fingerprint density at radius 3 is 2.69 bits per heavy atom. The third-order valence-corrected chi connectivity index (χ3v) is 5.79. The van der Waals surface area contributed by atoms with E-state index in [1.54, 1.807) is 22.2 Å². The van der Waals surface area contributed by atoms with Gasteiger partial charge in [-0.2, -0.15) is 5.10 Å². The predicted octanol–water partition coefficient (Wildman–Crippen LogP) is 1.62. The summed E-state index contributed by atoms with van der Waals surface area (Å²) in [6, 6.07) is 10.7. The highest BCUT2D eigenvalue weighted by Gasteiger charge is 2.32. The van der Waals surface area contributed by atoms with Crippen molar-refractivity contribution in [2.75, 3.05) is 7.11 Å². The normalized spacial score (nSPS) is 16.5. The Kier molecular flexibility index (Phi) is 5.02. The van der Waals surface area contributed by atoms with Crippen LogP contribution in [0.15, 0.2) is 63.7 Å². The number of aromatic nitrogens is 3. The third-order valence-electron chi connectivity index (χ3n) is 4.81. The van der Waals surface area contributed by atoms with Gasteiger partial charge >= 0.3 is 5.97 Å². The fourth-order valence-corrected chi connectivity index (χ4v) is 4.44. The fourth-order valence-electron chi connectivity index (χ4n) is 3.41. The number of aryl methyl sites for hydroxylation is 1. The van der Waals surface area contributed by atoms with Crippen molar-refractivity contribution < 1.29 is 9.53 Å². The number of fused-ring (bicyclic) bond motifs is 1. The molecule has 148 valence electrons. The number of carbonyl (C=O) groups excluding carboxylic acids is 1. The molecule has 0 bridgehead atoms. The number of esters is 1. The molecule has 0 spiro atoms. The zero-order valence-corrected chi connectivity index (χ0v) is 17.1. The topological polar surface area (TPSA) is 78.5 Å². The molecular weight excluding hydrogens is 388 g/mol. The van der Waals surface area contributed by atoms with Crippen molar-refractivity contribution in [1.29, 1.82) is 0 Å². The van der Waals surface area contributed by atoms with Gasteiger partial charge in [-0.3, -0.25) is 14.0 Å². The van der Waals surface area contributed by atoms with Crippen LogP contribution in [0.25, 0.3) is 6.08 Å². The molecule has 7 nitrogen and oxygen atoms in total. The van der Waals surface area contributed by atoms with Crippen LogP contribution in [-0.4, -0.2) is 27.4 Å². The summed E-state index contributed by atoms with van der Waals surface area (Å²) < 4.78 is 8.89. The molecular formula is C21H20N4O3S. The lowest BCUT2D eigenvalue weighted by Gasteiger charge is -2.24. The van der Waals surface area contributed by atoms with Crippen LogP contribution >= 0.6 is 11.3 Å². The van der Waals surface area contributed by atoms with Crippen LogP contribution in [0.3, 0.4) is 0 Å². The Bertz CT molecular complexity index is 1280. The molecule has 0 radical (unpaired) electrons. The smallest absolute Gasteiger partial charge is 0.338 e. The number of carbonyl (C=O) groups is 1. The maximum Gasteiger partial charge on any atom is 0.338 e. The number of rotatable bonds is 4. The quantitative estimate of drug-likeness (QED) is 0.615. The Hall–Kier alpha value is -3.26. The average molecular weight is 408 g/mol. The standard InChI is InChI=1S/C21H20N4O3S/c1-4-24-11-10-15(23-24)12-16-19(26)25-18(14-8-6-5-7-9-14)17(20(27)28-3)13(2)22-21(25)29-16/h5-12,18H,4H2,1-3H3/b16-12+. The summed E-state index contributed by atoms with van der Waals surface area (Å²) in [5, 5.41) is 4.42. The first-order valence-electron chi connectivity index (χ1n) is 9.22. The SMILES string of the molecule is CCn1ccc(/C=c2/sc3n(c2=O)C(c2ccccc2)C(C(=O)OC)=C(C)N=3)n1. The minimum atomic E-state index is -0.588. The summed E-state index contributed by atoms with van der Waals surface area (Å²) in [6.07, 6.45) is 3.63. The van der Waals surface area contributed by atoms with Gasteiger partial charge in [0.1, 0.15) is 0 Å². The highest BCUT2D eigenvalue weighted by atomic mass is 32.1. The van der Waals surface area contributed by atoms with Gasteiger partial charge in [0.25, 0.3) is 5.56 Å². The fraction of sp³-hybridized carbons (Fsp3) is 0.238. The van der Waals surface area contributed by atoms with E-state index in [0.717, 1.165) is 12.1 Å². The number of hydrogen-bond acceptors (Lipinski definition) is 6. The van der Waals surface area contributed by atoms with E-state index in [1.165, 1.54) is 18.4 Å². The van der Waals surface area contributed by atoms with Crippen LogP contribution in [0.5, 0.6) is 0 Å². The molecule has 1 atom stereocenters. The molecule has 8 heteroatoms. The Morgan fingerprint density at radius 2 is 2.03 bits per heavy atom. The zero-order chi connectivity index (χ0) is 20.5. The van der Waals surface area contributed by atoms with Crippen LogP contribution in [0.1, 0.15) is 31.1 Å². The van der Waals surface area contributed by atoms with E-state index in [-0.39, 0.29) is 5.56 Å². The van der Waals surface area contributed by atoms with E-state index >= 15 is 0 Å². The lowest BCUT2D eigenvalue weighted by Crippen LogP contribution is -2.39. The molecule has 1 aromatic carbocycles. The van der Waals surface area contributed by atoms with Crippen LogP contribution in [0.2, 0.25) is 0 Å². The Balaban J connectivity index is 1.95. The number of ether oxygens (including phenoxy) is 1. The van der Waals surface area contributed by atoms with Crippen LogP contribution in [0.4, 0.5) is 0 Å². The molecule has 0 N–H and O–H groups in total. The second-order valence-corrected chi connectivity index (χ2v) is 7.59. The predicted molar refractivity (Wildman–Crippen MR) is 110 cm³/mol. The van der Waals surface area contributed by atoms with Gasteiger partial charge in [0, 0.05) is 12.7 Å². The van der Waals surface area contributed by atoms with Gasteiger partial charge < -0.3 is 4.74 Å². The molecule has 0 saturated heterocycles. The van der Waals surface area contributed by atoms with Gasteiger partial charge in [0.05, 0.1) is 34.6 Å². The van der Waals surface area contributed by atoms with Crippen molar-refractivity contribution >= 4 is 23.4 Å². The molecule has 3 aromatic rings. The number of methoxy groups -OCH3 is 1. The summed E-state index contributed by atoms with van der Waals surface area (Å²) in [6.45, 7) is 4.52. The first-order chi connectivity index (χ1) is 14.0. The first kappa shape index (κ1) is 19.1. The molecule has 0 saturated carbocycles. The number of hydrogen-bond donors (Lipinski definition) is 0. The minimum Gasteiger partial charge on any atom is -0.466 e. The molecule has 4 rings (SSSR count). The molecule has 0 amide bonds. The molecule has 1 aliphatic heterocycles. The monoisotopic (exact) mass is 408 g/mol. The molecule has 0 fully saturated rings. The van der Waals surface area contributed by atoms with Crippen LogP contribution in [0, 0.1) is 0 Å². The maximum absolute atomic E-state index is 13.3. The van der Waals surface area contributed by atoms with Gasteiger partial charge in [-0.05, 0) is 31.6 Å². The molecule has 2 aromatic heterocycles. The van der Waals surface area contributed by atoms with Crippen molar-refractivity contribution in [3.8, 4) is 0 Å². The van der Waals surface area contributed by atoms with Crippen molar-refractivity contribution in [2.24, 2.45) is 4.99 Å². The van der Waals surface area contributed by atoms with Gasteiger partial charge in [0.2, 0.25) is 0 Å². The highest BCUT2D eigenvalue weighted by Crippen LogP contribution is 2.30. The Morgan fingerprint density at radius 1 is 1.28 bits per heavy atom. The summed E-state index contributed by atoms with van der Waals surface area (Å²) in [5.41, 5.74) is 2.24. The number of nitrogens with zero attached hydrogens (tertiary/aromatic N) is 4. The second kappa shape index (κ2) is 7.63. The molecule has 1 unspecified atom stereocenters. The van der Waals surface area contributed by atoms with E-state index in [1.807, 2.05) is 49.5 Å². The Labute approximate surface area is 170 Å². The lowest BCUT2D eigenvalue weighted by atomic mass is 9.96. The molecule has 1 aliphatic rings. The summed E-state index contributed by atoms with van der Waals surface area (Å²) in [5.74, 6) is -0.490. The van der Waals surface area contributed by atoms with Gasteiger partial charge in [0.15, 0.2) is 4.80 Å². The molecule has 0 aliphatic carbocycles. The van der Waals surface area contributed by atoms with E-state index in [9.17, 15) is 9.59 Å². The maximum atomic E-state index is 13.3. The first-order valence-corrected chi connectivity index (χ1v) is 10.0. The second-order valence-electron chi connectivity index (χ2n) is 6.58. The van der Waals surface area contributed by atoms with Crippen LogP contribution < -0.4 is 14.9 Å².